The minimum atomic E-state index is -1.23. The molecule has 0 radical (unpaired) electrons. The average molecular weight is 544 g/mol. The number of carboxylic acids is 1. The molecular formula is C29H29N5O6. The number of hydrogen-bond acceptors (Lipinski definition) is 8. The second-order valence-corrected chi connectivity index (χ2v) is 9.06. The number of aromatic hydroxyl groups is 1. The second-order valence-electron chi connectivity index (χ2n) is 9.06. The zero-order valence-electron chi connectivity index (χ0n) is 21.8. The third-order valence-electron chi connectivity index (χ3n) is 6.53. The number of fused-ring (bicyclic) bond motifs is 2. The Kier molecular flexibility index (Phi) is 8.55. The number of carbonyl (C=O) groups is 3. The first-order valence-electron chi connectivity index (χ1n) is 12.5. The van der Waals surface area contributed by atoms with Crippen LogP contribution in [0.5, 0.6) is 5.75 Å². The number of aromatic nitrogens is 3. The number of carboxylic acid groups (broad SMARTS) is 1. The molecule has 40 heavy (non-hydrogen) atoms. The SMILES string of the molecule is C=CCOC(=O)c1ccc2c(c1C)CC[C@@H]2NC(=O)c1cc(C(=O)O)nc2ccnn12.NCc1ccc(O)cc1. The number of nitrogens with two attached hydrogens (primary N) is 1. The van der Waals surface area contributed by atoms with E-state index in [-0.39, 0.29) is 35.4 Å². The van der Waals surface area contributed by atoms with E-state index >= 15 is 0 Å². The maximum absolute atomic E-state index is 13.0. The Bertz CT molecular complexity index is 1580. The molecule has 0 saturated carbocycles. The number of rotatable bonds is 7. The van der Waals surface area contributed by atoms with E-state index in [0.29, 0.717) is 24.9 Å². The lowest BCUT2D eigenvalue weighted by molar-refractivity contribution is 0.0548. The van der Waals surface area contributed by atoms with E-state index in [1.165, 1.54) is 28.9 Å². The highest BCUT2D eigenvalue weighted by Crippen LogP contribution is 2.35. The highest BCUT2D eigenvalue weighted by molar-refractivity contribution is 5.96. The van der Waals surface area contributed by atoms with Crippen LogP contribution in [-0.2, 0) is 17.7 Å². The van der Waals surface area contributed by atoms with E-state index in [9.17, 15) is 19.5 Å². The van der Waals surface area contributed by atoms with E-state index in [2.05, 4.69) is 22.0 Å². The normalized spacial score (nSPS) is 13.6. The van der Waals surface area contributed by atoms with Gasteiger partial charge in [0, 0.05) is 18.7 Å². The van der Waals surface area contributed by atoms with Crippen molar-refractivity contribution in [1.82, 2.24) is 19.9 Å². The molecule has 2 heterocycles. The van der Waals surface area contributed by atoms with Gasteiger partial charge in [0.15, 0.2) is 11.3 Å². The lowest BCUT2D eigenvalue weighted by atomic mass is 9.98. The first kappa shape index (κ1) is 28.0. The van der Waals surface area contributed by atoms with Gasteiger partial charge in [-0.15, -0.1) is 0 Å². The van der Waals surface area contributed by atoms with Crippen molar-refractivity contribution in [2.45, 2.75) is 32.4 Å². The van der Waals surface area contributed by atoms with Crippen LogP contribution in [0.25, 0.3) is 5.65 Å². The van der Waals surface area contributed by atoms with Crippen molar-refractivity contribution >= 4 is 23.5 Å². The molecule has 206 valence electrons. The quantitative estimate of drug-likeness (QED) is 0.202. The number of nitrogens with zero attached hydrogens (tertiary/aromatic N) is 3. The van der Waals surface area contributed by atoms with Crippen LogP contribution < -0.4 is 11.1 Å². The number of carbonyl (C=O) groups excluding carboxylic acids is 2. The minimum absolute atomic E-state index is 0.0854. The summed E-state index contributed by atoms with van der Waals surface area (Å²) in [5.41, 5.74) is 9.73. The number of esters is 1. The van der Waals surface area contributed by atoms with Gasteiger partial charge in [-0.25, -0.2) is 19.1 Å². The van der Waals surface area contributed by atoms with E-state index in [0.717, 1.165) is 22.3 Å². The molecule has 0 spiro atoms. The molecule has 1 amide bonds. The summed E-state index contributed by atoms with van der Waals surface area (Å²) < 4.78 is 6.45. The number of benzene rings is 2. The Morgan fingerprint density at radius 1 is 1.20 bits per heavy atom. The maximum atomic E-state index is 13.0. The van der Waals surface area contributed by atoms with Crippen molar-refractivity contribution in [3.63, 3.8) is 0 Å². The number of aromatic carboxylic acids is 1. The highest BCUT2D eigenvalue weighted by atomic mass is 16.5. The van der Waals surface area contributed by atoms with Gasteiger partial charge in [-0.2, -0.15) is 5.10 Å². The number of ether oxygens (including phenoxy) is 1. The van der Waals surface area contributed by atoms with Gasteiger partial charge in [-0.3, -0.25) is 4.79 Å². The first-order valence-corrected chi connectivity index (χ1v) is 12.5. The van der Waals surface area contributed by atoms with Crippen molar-refractivity contribution in [2.24, 2.45) is 5.73 Å². The summed E-state index contributed by atoms with van der Waals surface area (Å²) >= 11 is 0. The highest BCUT2D eigenvalue weighted by Gasteiger charge is 2.29. The summed E-state index contributed by atoms with van der Waals surface area (Å²) in [5, 5.41) is 25.1. The Hall–Kier alpha value is -5.03. The summed E-state index contributed by atoms with van der Waals surface area (Å²) in [6.07, 6.45) is 4.32. The van der Waals surface area contributed by atoms with Crippen LogP contribution in [-0.4, -0.2) is 49.3 Å². The molecular weight excluding hydrogens is 514 g/mol. The molecule has 4 aromatic rings. The van der Waals surface area contributed by atoms with Crippen molar-refractivity contribution in [3.8, 4) is 5.75 Å². The van der Waals surface area contributed by atoms with Crippen LogP contribution >= 0.6 is 0 Å². The Morgan fingerprint density at radius 2 is 1.95 bits per heavy atom. The van der Waals surface area contributed by atoms with E-state index in [4.69, 9.17) is 15.6 Å². The lowest BCUT2D eigenvalue weighted by Crippen LogP contribution is -2.29. The molecule has 2 aromatic carbocycles. The zero-order chi connectivity index (χ0) is 28.8. The summed E-state index contributed by atoms with van der Waals surface area (Å²) in [7, 11) is 0. The zero-order valence-corrected chi connectivity index (χ0v) is 21.8. The molecule has 5 N–H and O–H groups in total. The van der Waals surface area contributed by atoms with E-state index in [1.54, 1.807) is 30.3 Å². The first-order chi connectivity index (χ1) is 19.2. The summed E-state index contributed by atoms with van der Waals surface area (Å²) in [4.78, 5) is 40.6. The molecule has 0 saturated heterocycles. The van der Waals surface area contributed by atoms with Gasteiger partial charge < -0.3 is 26.0 Å². The molecule has 11 heteroatoms. The predicted molar refractivity (Wildman–Crippen MR) is 146 cm³/mol. The van der Waals surface area contributed by atoms with Crippen LogP contribution in [0.2, 0.25) is 0 Å². The number of phenolic OH excluding ortho intramolecular Hbond substituents is 1. The number of phenols is 1. The van der Waals surface area contributed by atoms with Gasteiger partial charge in [-0.05, 0) is 60.2 Å². The second kappa shape index (κ2) is 12.2. The fourth-order valence-electron chi connectivity index (χ4n) is 4.51. The molecule has 5 rings (SSSR count). The van der Waals surface area contributed by atoms with Gasteiger partial charge in [0.2, 0.25) is 0 Å². The Balaban J connectivity index is 0.000000350. The van der Waals surface area contributed by atoms with Crippen LogP contribution in [0, 0.1) is 6.92 Å². The average Bonchev–Trinajstić information content (AvgIpc) is 3.59. The van der Waals surface area contributed by atoms with Crippen LogP contribution in [0.15, 0.2) is 67.4 Å². The van der Waals surface area contributed by atoms with Gasteiger partial charge in [-0.1, -0.05) is 30.9 Å². The third kappa shape index (κ3) is 6.00. The number of amides is 1. The van der Waals surface area contributed by atoms with E-state index < -0.39 is 17.8 Å². The molecule has 1 aliphatic carbocycles. The van der Waals surface area contributed by atoms with Crippen molar-refractivity contribution in [1.29, 1.82) is 0 Å². The monoisotopic (exact) mass is 543 g/mol. The molecule has 0 aliphatic heterocycles. The third-order valence-corrected chi connectivity index (χ3v) is 6.53. The summed E-state index contributed by atoms with van der Waals surface area (Å²) in [5.74, 6) is -1.81. The molecule has 0 bridgehead atoms. The smallest absolute Gasteiger partial charge is 0.354 e. The van der Waals surface area contributed by atoms with E-state index in [1.807, 2.05) is 13.0 Å². The molecule has 2 aromatic heterocycles. The summed E-state index contributed by atoms with van der Waals surface area (Å²) in [6.45, 7) is 6.07. The molecule has 1 aliphatic rings. The lowest BCUT2D eigenvalue weighted by Gasteiger charge is -2.16. The number of hydrogen-bond donors (Lipinski definition) is 4. The standard InChI is InChI=1S/C22H20N4O5.C7H9NO/c1-3-10-31-22(30)14-4-5-15-13(12(14)2)6-7-16(15)25-20(27)18-11-17(21(28)29)24-19-8-9-23-26(18)19;8-5-6-1-3-7(9)4-2-6/h3-5,8-9,11,16H,1,6-7,10H2,2H3,(H,25,27)(H,28,29);1-4,9H,5,8H2/t16-;/m0./s1. The molecule has 0 fully saturated rings. The van der Waals surface area contributed by atoms with Crippen molar-refractivity contribution < 1.29 is 29.3 Å². The molecule has 0 unspecified atom stereocenters. The number of nitrogens with one attached hydrogen (secondary N) is 1. The van der Waals surface area contributed by atoms with Crippen LogP contribution in [0.4, 0.5) is 0 Å². The minimum Gasteiger partial charge on any atom is -0.508 e. The predicted octanol–water partition coefficient (Wildman–Crippen LogP) is 3.35. The van der Waals surface area contributed by atoms with Gasteiger partial charge >= 0.3 is 11.9 Å². The Morgan fingerprint density at radius 3 is 2.62 bits per heavy atom. The van der Waals surface area contributed by atoms with Crippen LogP contribution in [0.3, 0.4) is 0 Å². The molecule has 11 nitrogen and oxygen atoms in total. The largest absolute Gasteiger partial charge is 0.508 e. The fraction of sp³-hybridized carbons (Fsp3) is 0.207. The topological polar surface area (TPSA) is 169 Å². The van der Waals surface area contributed by atoms with Gasteiger partial charge in [0.05, 0.1) is 17.8 Å². The van der Waals surface area contributed by atoms with Crippen LogP contribution in [0.1, 0.15) is 66.1 Å². The van der Waals surface area contributed by atoms with Gasteiger partial charge in [0.1, 0.15) is 18.1 Å². The van der Waals surface area contributed by atoms with Gasteiger partial charge in [0.25, 0.3) is 5.91 Å². The fourth-order valence-corrected chi connectivity index (χ4v) is 4.51. The molecule has 1 atom stereocenters. The summed E-state index contributed by atoms with van der Waals surface area (Å²) in [6, 6.07) is 12.8. The Labute approximate surface area is 229 Å². The van der Waals surface area contributed by atoms with Crippen molar-refractivity contribution in [2.75, 3.05) is 6.61 Å². The van der Waals surface area contributed by atoms with Crippen molar-refractivity contribution in [3.05, 3.63) is 107 Å². The maximum Gasteiger partial charge on any atom is 0.354 e.